The predicted molar refractivity (Wildman–Crippen MR) is 69.7 cm³/mol. The first-order chi connectivity index (χ1) is 8.68. The molecule has 1 fully saturated rings. The van der Waals surface area contributed by atoms with Crippen LogP contribution in [0.15, 0.2) is 18.2 Å². The van der Waals surface area contributed by atoms with Gasteiger partial charge in [-0.3, -0.25) is 0 Å². The Kier molecular flexibility index (Phi) is 4.97. The van der Waals surface area contributed by atoms with Gasteiger partial charge in [-0.1, -0.05) is 6.07 Å². The monoisotopic (exact) mass is 273 g/mol. The highest BCUT2D eigenvalue weighted by Crippen LogP contribution is 2.21. The molecule has 2 nitrogen and oxygen atoms in total. The Bertz CT molecular complexity index is 376. The number of halogens is 2. The van der Waals surface area contributed by atoms with Gasteiger partial charge in [0.2, 0.25) is 0 Å². The first-order valence-electron chi connectivity index (χ1n) is 6.11. The summed E-state index contributed by atoms with van der Waals surface area (Å²) >= 11 is 1.91. The number of benzene rings is 1. The summed E-state index contributed by atoms with van der Waals surface area (Å²) in [5.41, 5.74) is -0.241. The highest BCUT2D eigenvalue weighted by atomic mass is 32.2. The molecule has 2 N–H and O–H groups in total. The Morgan fingerprint density at radius 3 is 2.50 bits per heavy atom. The van der Waals surface area contributed by atoms with Gasteiger partial charge in [-0.15, -0.1) is 0 Å². The molecule has 0 bridgehead atoms. The Balaban J connectivity index is 1.92. The molecule has 1 aromatic rings. The number of aliphatic hydroxyl groups is 1. The molecule has 18 heavy (non-hydrogen) atoms. The molecule has 100 valence electrons. The van der Waals surface area contributed by atoms with E-state index in [1.54, 1.807) is 0 Å². The second kappa shape index (κ2) is 6.50. The van der Waals surface area contributed by atoms with Gasteiger partial charge in [0.05, 0.1) is 11.7 Å². The predicted octanol–water partition coefficient (Wildman–Crippen LogP) is 2.48. The van der Waals surface area contributed by atoms with Crippen molar-refractivity contribution in [3.05, 3.63) is 35.4 Å². The van der Waals surface area contributed by atoms with E-state index in [-0.39, 0.29) is 12.1 Å². The average molecular weight is 273 g/mol. The van der Waals surface area contributed by atoms with Gasteiger partial charge < -0.3 is 10.4 Å². The maximum Gasteiger partial charge on any atom is 0.131 e. The van der Waals surface area contributed by atoms with Crippen molar-refractivity contribution in [1.82, 2.24) is 5.32 Å². The first-order valence-corrected chi connectivity index (χ1v) is 7.27. The van der Waals surface area contributed by atoms with E-state index in [4.69, 9.17) is 0 Å². The van der Waals surface area contributed by atoms with Gasteiger partial charge in [0.1, 0.15) is 11.6 Å². The van der Waals surface area contributed by atoms with Crippen LogP contribution in [0.25, 0.3) is 0 Å². The topological polar surface area (TPSA) is 32.3 Å². The third kappa shape index (κ3) is 3.43. The van der Waals surface area contributed by atoms with E-state index >= 15 is 0 Å². The minimum absolute atomic E-state index is 0.188. The van der Waals surface area contributed by atoms with E-state index in [9.17, 15) is 13.9 Å². The van der Waals surface area contributed by atoms with E-state index in [2.05, 4.69) is 5.32 Å². The number of aliphatic hydroxyl groups excluding tert-OH is 1. The average Bonchev–Trinajstić information content (AvgIpc) is 2.37. The number of hydrogen-bond acceptors (Lipinski definition) is 3. The van der Waals surface area contributed by atoms with Crippen molar-refractivity contribution in [1.29, 1.82) is 0 Å². The van der Waals surface area contributed by atoms with Crippen LogP contribution in [-0.4, -0.2) is 29.2 Å². The summed E-state index contributed by atoms with van der Waals surface area (Å²) in [4.78, 5) is 0. The molecule has 5 heteroatoms. The lowest BCUT2D eigenvalue weighted by Gasteiger charge is -2.24. The molecule has 0 amide bonds. The quantitative estimate of drug-likeness (QED) is 0.884. The smallest absolute Gasteiger partial charge is 0.131 e. The zero-order valence-electron chi connectivity index (χ0n) is 10.0. The minimum Gasteiger partial charge on any atom is -0.387 e. The standard InChI is InChI=1S/C13H17F2NOS/c14-10-2-1-3-11(15)13(10)12(17)8-16-9-4-6-18-7-5-9/h1-3,9,12,16-17H,4-8H2. The van der Waals surface area contributed by atoms with Crippen molar-refractivity contribution < 1.29 is 13.9 Å². The summed E-state index contributed by atoms with van der Waals surface area (Å²) in [6.45, 7) is 0.188. The van der Waals surface area contributed by atoms with Crippen molar-refractivity contribution in [2.24, 2.45) is 0 Å². The molecule has 1 atom stereocenters. The molecule has 2 rings (SSSR count). The van der Waals surface area contributed by atoms with Gasteiger partial charge >= 0.3 is 0 Å². The van der Waals surface area contributed by atoms with E-state index < -0.39 is 17.7 Å². The van der Waals surface area contributed by atoms with E-state index in [0.29, 0.717) is 6.04 Å². The van der Waals surface area contributed by atoms with Crippen LogP contribution in [-0.2, 0) is 0 Å². The van der Waals surface area contributed by atoms with E-state index in [0.717, 1.165) is 24.3 Å². The summed E-state index contributed by atoms with van der Waals surface area (Å²) in [5.74, 6) is 0.816. The van der Waals surface area contributed by atoms with Crippen LogP contribution in [0.2, 0.25) is 0 Å². The van der Waals surface area contributed by atoms with Crippen molar-refractivity contribution in [3.8, 4) is 0 Å². The third-order valence-corrected chi connectivity index (χ3v) is 4.20. The maximum atomic E-state index is 13.4. The second-order valence-corrected chi connectivity index (χ2v) is 5.67. The summed E-state index contributed by atoms with van der Waals surface area (Å²) in [5, 5.41) is 13.0. The van der Waals surface area contributed by atoms with Crippen LogP contribution < -0.4 is 5.32 Å². The number of hydrogen-bond donors (Lipinski definition) is 2. The zero-order valence-corrected chi connectivity index (χ0v) is 10.9. The molecular formula is C13H17F2NOS. The van der Waals surface area contributed by atoms with Crippen molar-refractivity contribution in [2.75, 3.05) is 18.1 Å². The molecule has 1 aromatic carbocycles. The Hall–Kier alpha value is -0.650. The van der Waals surface area contributed by atoms with Crippen LogP contribution in [0.1, 0.15) is 24.5 Å². The molecule has 0 spiro atoms. The fourth-order valence-electron chi connectivity index (χ4n) is 2.11. The van der Waals surface area contributed by atoms with Crippen LogP contribution >= 0.6 is 11.8 Å². The summed E-state index contributed by atoms with van der Waals surface area (Å²) in [6, 6.07) is 3.97. The molecule has 1 aliphatic heterocycles. The number of thioether (sulfide) groups is 1. The molecule has 1 unspecified atom stereocenters. The highest BCUT2D eigenvalue weighted by molar-refractivity contribution is 7.99. The fraction of sp³-hybridized carbons (Fsp3) is 0.538. The molecule has 0 saturated carbocycles. The van der Waals surface area contributed by atoms with Crippen molar-refractivity contribution in [3.63, 3.8) is 0 Å². The van der Waals surface area contributed by atoms with Crippen LogP contribution in [0, 0.1) is 11.6 Å². The SMILES string of the molecule is OC(CNC1CCSCC1)c1c(F)cccc1F. The Morgan fingerprint density at radius 2 is 1.89 bits per heavy atom. The molecule has 1 aliphatic rings. The molecule has 0 aliphatic carbocycles. The molecule has 1 heterocycles. The largest absolute Gasteiger partial charge is 0.387 e. The van der Waals surface area contributed by atoms with Gasteiger partial charge in [0.25, 0.3) is 0 Å². The molecule has 0 aromatic heterocycles. The second-order valence-electron chi connectivity index (χ2n) is 4.45. The van der Waals surface area contributed by atoms with Gasteiger partial charge in [0, 0.05) is 12.6 Å². The van der Waals surface area contributed by atoms with Gasteiger partial charge in [-0.05, 0) is 36.5 Å². The van der Waals surface area contributed by atoms with Crippen molar-refractivity contribution >= 4 is 11.8 Å². The van der Waals surface area contributed by atoms with Gasteiger partial charge in [-0.25, -0.2) is 8.78 Å². The van der Waals surface area contributed by atoms with E-state index in [1.165, 1.54) is 18.2 Å². The molecule has 1 saturated heterocycles. The lowest BCUT2D eigenvalue weighted by molar-refractivity contribution is 0.159. The van der Waals surface area contributed by atoms with Crippen LogP contribution in [0.5, 0.6) is 0 Å². The Labute approximate surface area is 110 Å². The van der Waals surface area contributed by atoms with E-state index in [1.807, 2.05) is 11.8 Å². The summed E-state index contributed by atoms with van der Waals surface area (Å²) < 4.78 is 26.9. The zero-order chi connectivity index (χ0) is 13.0. The first kappa shape index (κ1) is 13.8. The summed E-state index contributed by atoms with van der Waals surface area (Å²) in [6.07, 6.45) is 0.939. The van der Waals surface area contributed by atoms with Gasteiger partial charge in [-0.2, -0.15) is 11.8 Å². The van der Waals surface area contributed by atoms with Gasteiger partial charge in [0.15, 0.2) is 0 Å². The fourth-order valence-corrected chi connectivity index (χ4v) is 3.22. The Morgan fingerprint density at radius 1 is 1.28 bits per heavy atom. The minimum atomic E-state index is -1.14. The lowest BCUT2D eigenvalue weighted by atomic mass is 10.1. The van der Waals surface area contributed by atoms with Crippen LogP contribution in [0.3, 0.4) is 0 Å². The summed E-state index contributed by atoms with van der Waals surface area (Å²) in [7, 11) is 0. The maximum absolute atomic E-state index is 13.4. The third-order valence-electron chi connectivity index (χ3n) is 3.15. The lowest BCUT2D eigenvalue weighted by Crippen LogP contribution is -2.35. The highest BCUT2D eigenvalue weighted by Gasteiger charge is 2.20. The molecular weight excluding hydrogens is 256 g/mol. The van der Waals surface area contributed by atoms with Crippen LogP contribution in [0.4, 0.5) is 8.78 Å². The molecule has 0 radical (unpaired) electrons. The number of rotatable bonds is 4. The number of nitrogens with one attached hydrogen (secondary N) is 1. The normalized spacial score (nSPS) is 18.8. The van der Waals surface area contributed by atoms with Crippen molar-refractivity contribution in [2.45, 2.75) is 25.0 Å².